The summed E-state index contributed by atoms with van der Waals surface area (Å²) >= 11 is 0. The van der Waals surface area contributed by atoms with E-state index < -0.39 is 15.9 Å². The molecule has 2 aromatic rings. The van der Waals surface area contributed by atoms with Crippen molar-refractivity contribution in [3.8, 4) is 5.88 Å². The van der Waals surface area contributed by atoms with Gasteiger partial charge in [0.15, 0.2) is 0 Å². The number of benzene rings is 1. The minimum Gasteiger partial charge on any atom is -0.474 e. The third kappa shape index (κ3) is 5.07. The summed E-state index contributed by atoms with van der Waals surface area (Å²) in [7, 11) is -3.91. The number of anilines is 1. The maximum atomic E-state index is 12.5. The fourth-order valence-corrected chi connectivity index (χ4v) is 3.95. The van der Waals surface area contributed by atoms with Crippen molar-refractivity contribution in [1.29, 1.82) is 0 Å². The van der Waals surface area contributed by atoms with Crippen molar-refractivity contribution in [3.63, 3.8) is 0 Å². The Bertz CT molecular complexity index is 967. The number of nitrogens with zero attached hydrogens (tertiary/aromatic N) is 1. The van der Waals surface area contributed by atoms with Crippen molar-refractivity contribution in [3.05, 3.63) is 48.2 Å². The van der Waals surface area contributed by atoms with E-state index in [1.807, 2.05) is 4.72 Å². The second-order valence-corrected chi connectivity index (χ2v) is 8.23. The standard InChI is InChI=1S/C19H21N3O5S/c1-13(23)22-28(25,26)17-8-6-15(7-9-17)21-19(24)14-10-11-20-18(12-14)27-16-4-2-3-5-16/h6-12,16H,2-5H2,1H3,(H,21,24)(H,22,23). The second kappa shape index (κ2) is 8.39. The van der Waals surface area contributed by atoms with Gasteiger partial charge in [-0.25, -0.2) is 18.1 Å². The Labute approximate surface area is 163 Å². The zero-order valence-corrected chi connectivity index (χ0v) is 16.2. The van der Waals surface area contributed by atoms with Crippen molar-refractivity contribution in [2.75, 3.05) is 5.32 Å². The van der Waals surface area contributed by atoms with Gasteiger partial charge in [0.2, 0.25) is 11.8 Å². The summed E-state index contributed by atoms with van der Waals surface area (Å²) in [5.74, 6) is -0.627. The van der Waals surface area contributed by atoms with Crippen LogP contribution < -0.4 is 14.8 Å². The molecule has 2 amide bonds. The quantitative estimate of drug-likeness (QED) is 0.766. The van der Waals surface area contributed by atoms with E-state index in [0.29, 0.717) is 17.1 Å². The molecule has 0 atom stereocenters. The molecule has 1 aliphatic rings. The molecule has 148 valence electrons. The predicted octanol–water partition coefficient (Wildman–Crippen LogP) is 2.48. The van der Waals surface area contributed by atoms with Gasteiger partial charge in [-0.2, -0.15) is 0 Å². The van der Waals surface area contributed by atoms with Gasteiger partial charge in [-0.3, -0.25) is 9.59 Å². The predicted molar refractivity (Wildman–Crippen MR) is 103 cm³/mol. The lowest BCUT2D eigenvalue weighted by atomic mass is 10.2. The van der Waals surface area contributed by atoms with Crippen LogP contribution >= 0.6 is 0 Å². The van der Waals surface area contributed by atoms with Gasteiger partial charge in [0.1, 0.15) is 6.10 Å². The summed E-state index contributed by atoms with van der Waals surface area (Å²) < 4.78 is 31.6. The maximum Gasteiger partial charge on any atom is 0.264 e. The first-order valence-electron chi connectivity index (χ1n) is 8.91. The highest BCUT2D eigenvalue weighted by atomic mass is 32.2. The molecule has 9 heteroatoms. The highest BCUT2D eigenvalue weighted by Gasteiger charge is 2.18. The molecule has 1 heterocycles. The number of carbonyl (C=O) groups excluding carboxylic acids is 2. The molecule has 0 spiro atoms. The van der Waals surface area contributed by atoms with Gasteiger partial charge in [0, 0.05) is 30.4 Å². The van der Waals surface area contributed by atoms with E-state index in [-0.39, 0.29) is 16.9 Å². The molecule has 1 aromatic heterocycles. The van der Waals surface area contributed by atoms with Crippen LogP contribution in [0.4, 0.5) is 5.69 Å². The molecule has 28 heavy (non-hydrogen) atoms. The SMILES string of the molecule is CC(=O)NS(=O)(=O)c1ccc(NC(=O)c2ccnc(OC3CCCC3)c2)cc1. The Kier molecular flexibility index (Phi) is 5.93. The maximum absolute atomic E-state index is 12.5. The zero-order valence-electron chi connectivity index (χ0n) is 15.3. The van der Waals surface area contributed by atoms with Gasteiger partial charge in [-0.05, 0) is 56.0 Å². The molecule has 1 aromatic carbocycles. The van der Waals surface area contributed by atoms with Gasteiger partial charge >= 0.3 is 0 Å². The fraction of sp³-hybridized carbons (Fsp3) is 0.316. The molecule has 8 nitrogen and oxygen atoms in total. The van der Waals surface area contributed by atoms with E-state index in [9.17, 15) is 18.0 Å². The van der Waals surface area contributed by atoms with Crippen LogP contribution in [0.5, 0.6) is 5.88 Å². The third-order valence-electron chi connectivity index (χ3n) is 4.29. The second-order valence-electron chi connectivity index (χ2n) is 6.55. The number of hydrogen-bond donors (Lipinski definition) is 2. The van der Waals surface area contributed by atoms with Gasteiger partial charge in [0.05, 0.1) is 4.90 Å². The highest BCUT2D eigenvalue weighted by molar-refractivity contribution is 7.90. The number of hydrogen-bond acceptors (Lipinski definition) is 6. The summed E-state index contributed by atoms with van der Waals surface area (Å²) in [6, 6.07) is 8.67. The van der Waals surface area contributed by atoms with E-state index in [2.05, 4.69) is 10.3 Å². The topological polar surface area (TPSA) is 114 Å². The molecule has 1 saturated carbocycles. The minimum atomic E-state index is -3.91. The van der Waals surface area contributed by atoms with Crippen LogP contribution in [-0.2, 0) is 14.8 Å². The smallest absolute Gasteiger partial charge is 0.264 e. The number of carbonyl (C=O) groups is 2. The Morgan fingerprint density at radius 1 is 1.11 bits per heavy atom. The van der Waals surface area contributed by atoms with E-state index in [4.69, 9.17) is 4.74 Å². The number of rotatable bonds is 6. The van der Waals surface area contributed by atoms with E-state index >= 15 is 0 Å². The van der Waals surface area contributed by atoms with Crippen LogP contribution in [0.3, 0.4) is 0 Å². The van der Waals surface area contributed by atoms with Crippen LogP contribution in [-0.4, -0.2) is 31.3 Å². The van der Waals surface area contributed by atoms with Gasteiger partial charge < -0.3 is 10.1 Å². The molecule has 1 aliphatic carbocycles. The molecule has 0 radical (unpaired) electrons. The highest BCUT2D eigenvalue weighted by Crippen LogP contribution is 2.23. The fourth-order valence-electron chi connectivity index (χ4n) is 2.96. The molecule has 2 N–H and O–H groups in total. The first kappa shape index (κ1) is 19.8. The molecule has 3 rings (SSSR count). The van der Waals surface area contributed by atoms with Crippen molar-refractivity contribution in [2.24, 2.45) is 0 Å². The number of sulfonamides is 1. The summed E-state index contributed by atoms with van der Waals surface area (Å²) in [5, 5.41) is 2.69. The van der Waals surface area contributed by atoms with E-state index in [1.165, 1.54) is 30.5 Å². The number of amides is 2. The Morgan fingerprint density at radius 3 is 2.43 bits per heavy atom. The van der Waals surface area contributed by atoms with E-state index in [1.54, 1.807) is 12.1 Å². The Morgan fingerprint density at radius 2 is 1.79 bits per heavy atom. The Hall–Kier alpha value is -2.94. The summed E-state index contributed by atoms with van der Waals surface area (Å²) in [5.41, 5.74) is 0.805. The monoisotopic (exact) mass is 403 g/mol. The van der Waals surface area contributed by atoms with Gasteiger partial charge in [0.25, 0.3) is 15.9 Å². The van der Waals surface area contributed by atoms with Crippen LogP contribution in [0.2, 0.25) is 0 Å². The normalized spacial score (nSPS) is 14.5. The molecule has 0 aliphatic heterocycles. The van der Waals surface area contributed by atoms with Crippen LogP contribution in [0.25, 0.3) is 0 Å². The molecule has 0 unspecified atom stereocenters. The first-order chi connectivity index (χ1) is 13.3. The number of ether oxygens (including phenoxy) is 1. The number of pyridine rings is 1. The number of aromatic nitrogens is 1. The molecule has 1 fully saturated rings. The lowest BCUT2D eigenvalue weighted by Crippen LogP contribution is -2.28. The molecular formula is C19H21N3O5S. The van der Waals surface area contributed by atoms with Crippen molar-refractivity contribution < 1.29 is 22.7 Å². The third-order valence-corrected chi connectivity index (χ3v) is 5.74. The lowest BCUT2D eigenvalue weighted by Gasteiger charge is -2.12. The molecule has 0 saturated heterocycles. The summed E-state index contributed by atoms with van der Waals surface area (Å²) in [4.78, 5) is 27.5. The van der Waals surface area contributed by atoms with Gasteiger partial charge in [-0.1, -0.05) is 0 Å². The summed E-state index contributed by atoms with van der Waals surface area (Å²) in [6.45, 7) is 1.12. The van der Waals surface area contributed by atoms with Crippen LogP contribution in [0.1, 0.15) is 43.0 Å². The average molecular weight is 403 g/mol. The lowest BCUT2D eigenvalue weighted by molar-refractivity contribution is -0.117. The van der Waals surface area contributed by atoms with Crippen molar-refractivity contribution in [1.82, 2.24) is 9.71 Å². The minimum absolute atomic E-state index is 0.0724. The van der Waals surface area contributed by atoms with Crippen molar-refractivity contribution in [2.45, 2.75) is 43.6 Å². The molecular weight excluding hydrogens is 382 g/mol. The van der Waals surface area contributed by atoms with Gasteiger partial charge in [-0.15, -0.1) is 0 Å². The first-order valence-corrected chi connectivity index (χ1v) is 10.4. The Balaban J connectivity index is 1.67. The van der Waals surface area contributed by atoms with Crippen LogP contribution in [0.15, 0.2) is 47.5 Å². The largest absolute Gasteiger partial charge is 0.474 e. The van der Waals surface area contributed by atoms with Crippen molar-refractivity contribution >= 4 is 27.5 Å². The van der Waals surface area contributed by atoms with E-state index in [0.717, 1.165) is 32.6 Å². The average Bonchev–Trinajstić information content (AvgIpc) is 3.14. The molecule has 0 bridgehead atoms. The number of nitrogens with one attached hydrogen (secondary N) is 2. The summed E-state index contributed by atoms with van der Waals surface area (Å²) in [6.07, 6.45) is 5.92. The van der Waals surface area contributed by atoms with Crippen LogP contribution in [0, 0.1) is 0 Å². The zero-order chi connectivity index (χ0) is 20.1.